The molecule has 6 nitrogen and oxygen atoms in total. The third kappa shape index (κ3) is 3.45. The summed E-state index contributed by atoms with van der Waals surface area (Å²) in [4.78, 5) is 11.9. The monoisotopic (exact) mass is 298 g/mol. The molecule has 8 heteroatoms. The van der Waals surface area contributed by atoms with E-state index in [9.17, 15) is 4.39 Å². The van der Waals surface area contributed by atoms with E-state index >= 15 is 0 Å². The second-order valence-corrected chi connectivity index (χ2v) is 4.04. The molecular formula is C12H12ClFN4O2. The number of nitrogens with one attached hydrogen (secondary N) is 1. The summed E-state index contributed by atoms with van der Waals surface area (Å²) in [5, 5.41) is 2.92. The molecule has 1 aromatic carbocycles. The molecule has 0 fully saturated rings. The Balaban J connectivity index is 2.27. The average Bonchev–Trinajstić information content (AvgIpc) is 2.43. The number of ether oxygens (including phenoxy) is 2. The fourth-order valence-electron chi connectivity index (χ4n) is 1.36. The smallest absolute Gasteiger partial charge is 0.330 e. The van der Waals surface area contributed by atoms with Gasteiger partial charge in [-0.2, -0.15) is 9.97 Å². The fraction of sp³-hybridized carbons (Fsp3) is 0.250. The summed E-state index contributed by atoms with van der Waals surface area (Å²) in [6.07, 6.45) is 0. The summed E-state index contributed by atoms with van der Waals surface area (Å²) < 4.78 is 23.6. The largest absolute Gasteiger partial charge is 0.467 e. The van der Waals surface area contributed by atoms with Crippen molar-refractivity contribution in [2.75, 3.05) is 19.0 Å². The molecule has 20 heavy (non-hydrogen) atoms. The number of halogens is 2. The molecule has 1 N–H and O–H groups in total. The van der Waals surface area contributed by atoms with Crippen LogP contribution in [0.4, 0.5) is 10.3 Å². The van der Waals surface area contributed by atoms with Crippen LogP contribution in [0.25, 0.3) is 0 Å². The van der Waals surface area contributed by atoms with Crippen molar-refractivity contribution in [3.63, 3.8) is 0 Å². The van der Waals surface area contributed by atoms with E-state index in [2.05, 4.69) is 20.3 Å². The van der Waals surface area contributed by atoms with Crippen LogP contribution in [0, 0.1) is 5.82 Å². The second-order valence-electron chi connectivity index (χ2n) is 3.64. The molecule has 0 bridgehead atoms. The average molecular weight is 299 g/mol. The minimum atomic E-state index is -0.586. The van der Waals surface area contributed by atoms with Crippen LogP contribution in [0.15, 0.2) is 18.2 Å². The molecule has 0 atom stereocenters. The standard InChI is InChI=1S/C12H12ClFN4O2/c1-3-15-10-16-11(19-2)18-12(17-10)20-7-4-5-8(13)9(14)6-7/h4-6H,3H2,1-2H3,(H,15,16,17,18). The summed E-state index contributed by atoms with van der Waals surface area (Å²) >= 11 is 5.60. The summed E-state index contributed by atoms with van der Waals surface area (Å²) in [5.41, 5.74) is 0. The first kappa shape index (κ1) is 14.3. The van der Waals surface area contributed by atoms with Crippen LogP contribution in [0.2, 0.25) is 5.02 Å². The number of hydrogen-bond donors (Lipinski definition) is 1. The highest BCUT2D eigenvalue weighted by Crippen LogP contribution is 2.24. The van der Waals surface area contributed by atoms with Crippen molar-refractivity contribution < 1.29 is 13.9 Å². The minimum Gasteiger partial charge on any atom is -0.467 e. The first-order valence-corrected chi connectivity index (χ1v) is 6.17. The number of nitrogens with zero attached hydrogens (tertiary/aromatic N) is 3. The van der Waals surface area contributed by atoms with E-state index in [-0.39, 0.29) is 22.8 Å². The first-order valence-electron chi connectivity index (χ1n) is 5.79. The number of methoxy groups -OCH3 is 1. The van der Waals surface area contributed by atoms with E-state index in [4.69, 9.17) is 21.1 Å². The van der Waals surface area contributed by atoms with Crippen molar-refractivity contribution in [3.05, 3.63) is 29.0 Å². The van der Waals surface area contributed by atoms with E-state index in [1.165, 1.54) is 19.2 Å². The predicted molar refractivity (Wildman–Crippen MR) is 72.0 cm³/mol. The number of aromatic nitrogens is 3. The maximum absolute atomic E-state index is 13.3. The van der Waals surface area contributed by atoms with Gasteiger partial charge in [-0.15, -0.1) is 4.98 Å². The van der Waals surface area contributed by atoms with Crippen molar-refractivity contribution in [3.8, 4) is 17.8 Å². The van der Waals surface area contributed by atoms with Crippen molar-refractivity contribution >= 4 is 17.5 Å². The van der Waals surface area contributed by atoms with E-state index in [0.717, 1.165) is 6.07 Å². The minimum absolute atomic E-state index is 0.00507. The predicted octanol–water partition coefficient (Wildman–Crippen LogP) is 2.90. The zero-order chi connectivity index (χ0) is 14.5. The number of anilines is 1. The number of benzene rings is 1. The van der Waals surface area contributed by atoms with Crippen molar-refractivity contribution in [1.82, 2.24) is 15.0 Å². The first-order chi connectivity index (χ1) is 9.62. The third-order valence-electron chi connectivity index (χ3n) is 2.21. The van der Waals surface area contributed by atoms with Gasteiger partial charge in [-0.25, -0.2) is 4.39 Å². The molecule has 1 aromatic heterocycles. The van der Waals surface area contributed by atoms with E-state index < -0.39 is 5.82 Å². The van der Waals surface area contributed by atoms with Gasteiger partial charge in [-0.05, 0) is 19.1 Å². The Hall–Kier alpha value is -2.15. The highest BCUT2D eigenvalue weighted by atomic mass is 35.5. The Kier molecular flexibility index (Phi) is 4.52. The summed E-state index contributed by atoms with van der Waals surface area (Å²) in [7, 11) is 1.43. The lowest BCUT2D eigenvalue weighted by Crippen LogP contribution is -2.06. The summed E-state index contributed by atoms with van der Waals surface area (Å²) in [6.45, 7) is 2.52. The van der Waals surface area contributed by atoms with Gasteiger partial charge in [0.15, 0.2) is 0 Å². The highest BCUT2D eigenvalue weighted by Gasteiger charge is 2.09. The topological polar surface area (TPSA) is 69.2 Å². The summed E-state index contributed by atoms with van der Waals surface area (Å²) in [6, 6.07) is 4.13. The molecule has 0 radical (unpaired) electrons. The molecule has 0 aliphatic heterocycles. The van der Waals surface area contributed by atoms with Crippen molar-refractivity contribution in [1.29, 1.82) is 0 Å². The Morgan fingerprint density at radius 1 is 1.25 bits per heavy atom. The van der Waals surface area contributed by atoms with Gasteiger partial charge in [-0.3, -0.25) is 0 Å². The zero-order valence-corrected chi connectivity index (χ0v) is 11.6. The maximum atomic E-state index is 13.3. The van der Waals surface area contributed by atoms with E-state index in [1.54, 1.807) is 0 Å². The lowest BCUT2D eigenvalue weighted by atomic mass is 10.3. The van der Waals surface area contributed by atoms with Gasteiger partial charge < -0.3 is 14.8 Å². The Morgan fingerprint density at radius 3 is 2.65 bits per heavy atom. The molecule has 0 aliphatic carbocycles. The van der Waals surface area contributed by atoms with Crippen LogP contribution in [0.1, 0.15) is 6.92 Å². The molecule has 2 rings (SSSR count). The van der Waals surface area contributed by atoms with Crippen LogP contribution in [-0.2, 0) is 0 Å². The second kappa shape index (κ2) is 6.33. The Labute approximate surface area is 119 Å². The van der Waals surface area contributed by atoms with Gasteiger partial charge in [0, 0.05) is 12.6 Å². The van der Waals surface area contributed by atoms with Crippen LogP contribution in [0.5, 0.6) is 17.8 Å². The van der Waals surface area contributed by atoms with Gasteiger partial charge in [-0.1, -0.05) is 11.6 Å². The van der Waals surface area contributed by atoms with Crippen LogP contribution in [0.3, 0.4) is 0 Å². The van der Waals surface area contributed by atoms with Gasteiger partial charge in [0.05, 0.1) is 12.1 Å². The third-order valence-corrected chi connectivity index (χ3v) is 2.52. The summed E-state index contributed by atoms with van der Waals surface area (Å²) in [5.74, 6) is -0.0523. The lowest BCUT2D eigenvalue weighted by molar-refractivity contribution is 0.359. The van der Waals surface area contributed by atoms with Crippen molar-refractivity contribution in [2.45, 2.75) is 6.92 Å². The fourth-order valence-corrected chi connectivity index (χ4v) is 1.48. The lowest BCUT2D eigenvalue weighted by Gasteiger charge is -2.08. The quantitative estimate of drug-likeness (QED) is 0.915. The number of rotatable bonds is 5. The maximum Gasteiger partial charge on any atom is 0.330 e. The molecule has 0 aliphatic rings. The Morgan fingerprint density at radius 2 is 2.00 bits per heavy atom. The molecule has 2 aromatic rings. The number of hydrogen-bond acceptors (Lipinski definition) is 6. The highest BCUT2D eigenvalue weighted by molar-refractivity contribution is 6.30. The molecule has 1 heterocycles. The van der Waals surface area contributed by atoms with Crippen LogP contribution < -0.4 is 14.8 Å². The molecule has 0 amide bonds. The van der Waals surface area contributed by atoms with Crippen LogP contribution in [-0.4, -0.2) is 28.6 Å². The molecular weight excluding hydrogens is 287 g/mol. The molecule has 0 spiro atoms. The molecule has 0 unspecified atom stereocenters. The van der Waals surface area contributed by atoms with Gasteiger partial charge in [0.1, 0.15) is 11.6 Å². The zero-order valence-electron chi connectivity index (χ0n) is 10.9. The molecule has 0 saturated carbocycles. The van der Waals surface area contributed by atoms with Gasteiger partial charge in [0.2, 0.25) is 5.95 Å². The normalized spacial score (nSPS) is 10.2. The van der Waals surface area contributed by atoms with Gasteiger partial charge >= 0.3 is 12.0 Å². The van der Waals surface area contributed by atoms with E-state index in [1.807, 2.05) is 6.92 Å². The van der Waals surface area contributed by atoms with Crippen molar-refractivity contribution in [2.24, 2.45) is 0 Å². The SMILES string of the molecule is CCNc1nc(OC)nc(Oc2ccc(Cl)c(F)c2)n1. The van der Waals surface area contributed by atoms with Crippen LogP contribution >= 0.6 is 11.6 Å². The van der Waals surface area contributed by atoms with E-state index in [0.29, 0.717) is 12.5 Å². The van der Waals surface area contributed by atoms with Gasteiger partial charge in [0.25, 0.3) is 0 Å². The Bertz CT molecular complexity index is 612. The molecule has 106 valence electrons. The molecule has 0 saturated heterocycles.